The molecule has 0 atom stereocenters. The first-order chi connectivity index (χ1) is 10.6. The maximum atomic E-state index is 12.8. The van der Waals surface area contributed by atoms with Crippen LogP contribution in [-0.2, 0) is 0 Å². The third-order valence-electron chi connectivity index (χ3n) is 3.74. The van der Waals surface area contributed by atoms with Gasteiger partial charge in [0, 0.05) is 11.1 Å². The average Bonchev–Trinajstić information content (AvgIpc) is 2.57. The van der Waals surface area contributed by atoms with Crippen molar-refractivity contribution in [3.05, 3.63) is 52.6 Å². The Morgan fingerprint density at radius 1 is 0.682 bits per heavy atom. The highest BCUT2D eigenvalue weighted by Crippen LogP contribution is 2.41. The molecule has 0 aromatic heterocycles. The maximum absolute atomic E-state index is 12.8. The zero-order valence-electron chi connectivity index (χ0n) is 12.4. The summed E-state index contributed by atoms with van der Waals surface area (Å²) in [7, 11) is 4.39. The van der Waals surface area contributed by atoms with Gasteiger partial charge in [0.05, 0.1) is 32.5 Å². The van der Waals surface area contributed by atoms with Crippen molar-refractivity contribution in [1.29, 1.82) is 0 Å². The fourth-order valence-electron chi connectivity index (χ4n) is 2.74. The smallest absolute Gasteiger partial charge is 0.198 e. The molecule has 0 spiro atoms. The Balaban J connectivity index is 2.33. The Kier molecular flexibility index (Phi) is 3.33. The fourth-order valence-corrected chi connectivity index (χ4v) is 2.74. The second-order valence-corrected chi connectivity index (χ2v) is 4.76. The average molecular weight is 298 g/mol. The summed E-state index contributed by atoms with van der Waals surface area (Å²) in [6.45, 7) is 0. The van der Waals surface area contributed by atoms with E-state index in [-0.39, 0.29) is 28.4 Å². The van der Waals surface area contributed by atoms with E-state index in [0.29, 0.717) is 22.6 Å². The highest BCUT2D eigenvalue weighted by Gasteiger charge is 2.35. The van der Waals surface area contributed by atoms with Crippen LogP contribution in [0.25, 0.3) is 0 Å². The van der Waals surface area contributed by atoms with Gasteiger partial charge in [0.15, 0.2) is 23.1 Å². The Bertz CT molecular complexity index is 792. The van der Waals surface area contributed by atoms with E-state index in [1.807, 2.05) is 0 Å². The lowest BCUT2D eigenvalue weighted by atomic mass is 9.83. The number of carbonyl (C=O) groups is 2. The lowest BCUT2D eigenvalue weighted by molar-refractivity contribution is 0.0973. The first kappa shape index (κ1) is 14.1. The Morgan fingerprint density at radius 2 is 1.32 bits per heavy atom. The molecule has 5 nitrogen and oxygen atoms in total. The van der Waals surface area contributed by atoms with Crippen LogP contribution in [0.5, 0.6) is 17.2 Å². The molecule has 2 aromatic rings. The minimum atomic E-state index is -0.278. The molecule has 0 saturated heterocycles. The third kappa shape index (κ3) is 1.79. The van der Waals surface area contributed by atoms with Gasteiger partial charge in [-0.3, -0.25) is 9.59 Å². The number of ketones is 2. The first-order valence-electron chi connectivity index (χ1n) is 6.65. The molecule has 0 amide bonds. The quantitative estimate of drug-likeness (QED) is 0.743. The van der Waals surface area contributed by atoms with Crippen molar-refractivity contribution in [2.45, 2.75) is 0 Å². The highest BCUT2D eigenvalue weighted by molar-refractivity contribution is 6.30. The molecule has 0 N–H and O–H groups in total. The zero-order valence-corrected chi connectivity index (χ0v) is 12.4. The topological polar surface area (TPSA) is 61.8 Å². The molecule has 2 aromatic carbocycles. The summed E-state index contributed by atoms with van der Waals surface area (Å²) in [5.74, 6) is 0.527. The molecular weight excluding hydrogens is 284 g/mol. The van der Waals surface area contributed by atoms with E-state index in [4.69, 9.17) is 14.2 Å². The summed E-state index contributed by atoms with van der Waals surface area (Å²) in [6, 6.07) is 8.14. The Morgan fingerprint density at radius 3 is 1.95 bits per heavy atom. The molecule has 112 valence electrons. The van der Waals surface area contributed by atoms with Crippen molar-refractivity contribution in [3.8, 4) is 17.2 Å². The van der Waals surface area contributed by atoms with Crippen molar-refractivity contribution < 1.29 is 23.8 Å². The molecule has 0 bridgehead atoms. The molecule has 0 saturated carbocycles. The van der Waals surface area contributed by atoms with E-state index >= 15 is 0 Å². The van der Waals surface area contributed by atoms with Gasteiger partial charge in [-0.2, -0.15) is 0 Å². The van der Waals surface area contributed by atoms with E-state index < -0.39 is 0 Å². The predicted molar refractivity (Wildman–Crippen MR) is 79.4 cm³/mol. The number of hydrogen-bond donors (Lipinski definition) is 0. The maximum Gasteiger partial charge on any atom is 0.198 e. The lowest BCUT2D eigenvalue weighted by Crippen LogP contribution is -2.22. The molecule has 1 aliphatic carbocycles. The molecule has 22 heavy (non-hydrogen) atoms. The Hall–Kier alpha value is -2.82. The molecule has 0 radical (unpaired) electrons. The third-order valence-corrected chi connectivity index (χ3v) is 3.74. The van der Waals surface area contributed by atoms with E-state index in [1.165, 1.54) is 21.3 Å². The van der Waals surface area contributed by atoms with Crippen molar-refractivity contribution >= 4 is 11.6 Å². The van der Waals surface area contributed by atoms with Gasteiger partial charge in [0.25, 0.3) is 0 Å². The summed E-state index contributed by atoms with van der Waals surface area (Å²) < 4.78 is 15.7. The largest absolute Gasteiger partial charge is 0.496 e. The number of ether oxygens (including phenoxy) is 3. The molecule has 0 fully saturated rings. The molecule has 5 heteroatoms. The van der Waals surface area contributed by atoms with E-state index in [0.717, 1.165) is 0 Å². The van der Waals surface area contributed by atoms with Gasteiger partial charge < -0.3 is 14.2 Å². The SMILES string of the molecule is COc1ccc2c(c1OC)C(=O)c1cccc(OC)c1C2=O. The van der Waals surface area contributed by atoms with Crippen molar-refractivity contribution in [3.63, 3.8) is 0 Å². The van der Waals surface area contributed by atoms with Crippen LogP contribution in [-0.4, -0.2) is 32.9 Å². The van der Waals surface area contributed by atoms with Crippen LogP contribution in [0.4, 0.5) is 0 Å². The van der Waals surface area contributed by atoms with Crippen LogP contribution in [0.3, 0.4) is 0 Å². The van der Waals surface area contributed by atoms with Crippen molar-refractivity contribution in [1.82, 2.24) is 0 Å². The first-order valence-corrected chi connectivity index (χ1v) is 6.65. The molecule has 0 heterocycles. The summed E-state index contributed by atoms with van der Waals surface area (Å²) in [6.07, 6.45) is 0. The summed E-state index contributed by atoms with van der Waals surface area (Å²) in [4.78, 5) is 25.6. The van der Waals surface area contributed by atoms with Crippen molar-refractivity contribution in [2.75, 3.05) is 21.3 Å². The summed E-state index contributed by atoms with van der Waals surface area (Å²) >= 11 is 0. The van der Waals surface area contributed by atoms with Gasteiger partial charge in [-0.15, -0.1) is 0 Å². The molecule has 0 unspecified atom stereocenters. The fraction of sp³-hybridized carbons (Fsp3) is 0.176. The van der Waals surface area contributed by atoms with Crippen LogP contribution in [0.15, 0.2) is 30.3 Å². The van der Waals surface area contributed by atoms with Gasteiger partial charge in [-0.25, -0.2) is 0 Å². The standard InChI is InChI=1S/C17H14O5/c1-20-11-6-4-5-9-13(11)15(18)10-7-8-12(21-2)17(22-3)14(10)16(9)19/h4-8H,1-3H3. The van der Waals surface area contributed by atoms with Crippen molar-refractivity contribution in [2.24, 2.45) is 0 Å². The lowest BCUT2D eigenvalue weighted by Gasteiger charge is -2.22. The minimum Gasteiger partial charge on any atom is -0.496 e. The molecule has 0 aliphatic heterocycles. The molecule has 1 aliphatic rings. The number of hydrogen-bond acceptors (Lipinski definition) is 5. The molecule has 3 rings (SSSR count). The predicted octanol–water partition coefficient (Wildman–Crippen LogP) is 2.49. The Labute approximate surface area is 127 Å². The number of rotatable bonds is 3. The highest BCUT2D eigenvalue weighted by atomic mass is 16.5. The van der Waals surface area contributed by atoms with Gasteiger partial charge in [0.2, 0.25) is 0 Å². The number of benzene rings is 2. The van der Waals surface area contributed by atoms with Crippen LogP contribution in [0.1, 0.15) is 31.8 Å². The second-order valence-electron chi connectivity index (χ2n) is 4.76. The monoisotopic (exact) mass is 298 g/mol. The second kappa shape index (κ2) is 5.18. The van der Waals surface area contributed by atoms with Crippen LogP contribution < -0.4 is 14.2 Å². The van der Waals surface area contributed by atoms with E-state index in [9.17, 15) is 9.59 Å². The van der Waals surface area contributed by atoms with Crippen LogP contribution in [0.2, 0.25) is 0 Å². The van der Waals surface area contributed by atoms with Gasteiger partial charge in [0.1, 0.15) is 5.75 Å². The van der Waals surface area contributed by atoms with Crippen LogP contribution >= 0.6 is 0 Å². The van der Waals surface area contributed by atoms with Gasteiger partial charge in [-0.05, 0) is 18.2 Å². The molecular formula is C17H14O5. The summed E-state index contributed by atoms with van der Waals surface area (Å²) in [5, 5.41) is 0. The van der Waals surface area contributed by atoms with Gasteiger partial charge >= 0.3 is 0 Å². The van der Waals surface area contributed by atoms with Gasteiger partial charge in [-0.1, -0.05) is 12.1 Å². The van der Waals surface area contributed by atoms with E-state index in [2.05, 4.69) is 0 Å². The normalized spacial score (nSPS) is 12.5. The number of fused-ring (bicyclic) bond motifs is 2. The van der Waals surface area contributed by atoms with Crippen LogP contribution in [0, 0.1) is 0 Å². The van der Waals surface area contributed by atoms with E-state index in [1.54, 1.807) is 30.3 Å². The number of carbonyl (C=O) groups excluding carboxylic acids is 2. The zero-order chi connectivity index (χ0) is 15.9. The summed E-state index contributed by atoms with van der Waals surface area (Å²) in [5.41, 5.74) is 1.12. The number of methoxy groups -OCH3 is 3. The minimum absolute atomic E-state index is 0.229.